The zero-order valence-electron chi connectivity index (χ0n) is 68.6. The molecule has 0 radical (unpaired) electrons. The molecular formula is C87H97Cl2F2N9O25. The van der Waals surface area contributed by atoms with Gasteiger partial charge in [-0.3, -0.25) is 53.6 Å². The van der Waals surface area contributed by atoms with E-state index in [9.17, 15) is 73.9 Å². The lowest BCUT2D eigenvalue weighted by molar-refractivity contribution is -0.334. The largest absolute Gasteiger partial charge is 0.508 e. The van der Waals surface area contributed by atoms with Crippen LogP contribution in [-0.4, -0.2) is 190 Å². The molecule has 0 aliphatic carbocycles. The molecule has 18 atom stereocenters. The monoisotopic (exact) mass is 1780 g/mol. The molecule has 18 unspecified atom stereocenters. The number of carbonyl (C=O) groups is 9. The van der Waals surface area contributed by atoms with Crippen molar-refractivity contribution >= 4 is 76.0 Å². The second-order valence-electron chi connectivity index (χ2n) is 32.3. The summed E-state index contributed by atoms with van der Waals surface area (Å²) in [6.45, 7) is 9.81. The lowest BCUT2D eigenvalue weighted by atomic mass is 9.84. The quantitative estimate of drug-likeness (QED) is 0.0233. The van der Waals surface area contributed by atoms with Crippen molar-refractivity contribution in [3.63, 3.8) is 0 Å². The molecule has 668 valence electrons. The summed E-state index contributed by atoms with van der Waals surface area (Å²) in [5.74, 6) is -18.9. The van der Waals surface area contributed by atoms with Crippen LogP contribution in [0.25, 0.3) is 11.1 Å². The topological polar surface area (TPSA) is 523 Å². The summed E-state index contributed by atoms with van der Waals surface area (Å²) >= 11 is 14.4. The Morgan fingerprint density at radius 2 is 1.42 bits per heavy atom. The van der Waals surface area contributed by atoms with Crippen LogP contribution in [0.5, 0.6) is 51.7 Å². The minimum atomic E-state index is -3.49. The van der Waals surface area contributed by atoms with Gasteiger partial charge in [0.2, 0.25) is 41.6 Å². The molecule has 6 aromatic carbocycles. The fourth-order valence-corrected chi connectivity index (χ4v) is 16.3. The SMILES string of the molecule is CCNNC(=O)C1NC(=O)C2NC(=O)C(CC(=O)C3NC(=O)C(CC(N)=O)CC(=O)C(NC(=O)C(CC)CC(C)C)C(O)c4ccc(c(Cl)c4)Oc4cc3cc(c4OC3OC(CO)C(O)C(O)C3OC3CC(C)(NCc4cncc(C(=O)Cc5cccc(OC(C)(F)F)c5)c4)C(O)C(C)O3)Oc3ccc(cc3Cl)C2O)c2ccc(O)c(c2)-c2c(O)cc(O)cc21. The molecule has 125 heavy (non-hydrogen) atoms. The predicted octanol–water partition coefficient (Wildman–Crippen LogP) is 6.72. The zero-order chi connectivity index (χ0) is 90.5. The van der Waals surface area contributed by atoms with E-state index in [1.165, 1.54) is 67.8 Å². The van der Waals surface area contributed by atoms with Crippen LogP contribution in [0.3, 0.4) is 0 Å². The summed E-state index contributed by atoms with van der Waals surface area (Å²) in [6.07, 6.45) is -21.8. The first-order valence-electron chi connectivity index (χ1n) is 40.3. The van der Waals surface area contributed by atoms with Crippen molar-refractivity contribution in [2.45, 2.75) is 203 Å². The number of amides is 6. The number of primary amides is 1. The summed E-state index contributed by atoms with van der Waals surface area (Å²) in [5, 5.41) is 120. The van der Waals surface area contributed by atoms with E-state index in [0.717, 1.165) is 48.5 Å². The first-order valence-corrected chi connectivity index (χ1v) is 41.1. The molecule has 11 bridgehead atoms. The van der Waals surface area contributed by atoms with Crippen LogP contribution in [0.2, 0.25) is 10.0 Å². The third kappa shape index (κ3) is 21.5. The number of ether oxygens (including phenoxy) is 7. The summed E-state index contributed by atoms with van der Waals surface area (Å²) in [4.78, 5) is 139. The van der Waals surface area contributed by atoms with E-state index in [-0.39, 0.29) is 93.9 Å². The van der Waals surface area contributed by atoms with Crippen LogP contribution in [0, 0.1) is 17.8 Å². The number of pyridine rings is 1. The van der Waals surface area contributed by atoms with Crippen molar-refractivity contribution in [2.75, 3.05) is 13.2 Å². The molecule has 34 nitrogen and oxygen atoms in total. The number of nitrogens with zero attached hydrogens (tertiary/aromatic N) is 1. The highest BCUT2D eigenvalue weighted by molar-refractivity contribution is 6.32. The number of aromatic hydroxyl groups is 3. The van der Waals surface area contributed by atoms with Gasteiger partial charge in [-0.15, -0.1) is 0 Å². The normalized spacial score (nSPS) is 26.2. The number of nitrogens with two attached hydrogens (primary N) is 1. The van der Waals surface area contributed by atoms with Crippen LogP contribution in [0.15, 0.2) is 122 Å². The van der Waals surface area contributed by atoms with Gasteiger partial charge in [-0.2, -0.15) is 8.78 Å². The fraction of sp³-hybridized carbons (Fsp3) is 0.425. The van der Waals surface area contributed by atoms with E-state index in [4.69, 9.17) is 62.1 Å². The van der Waals surface area contributed by atoms with Gasteiger partial charge in [0.15, 0.2) is 41.2 Å². The Morgan fingerprint density at radius 3 is 2.06 bits per heavy atom. The van der Waals surface area contributed by atoms with E-state index in [1.54, 1.807) is 32.9 Å². The second-order valence-corrected chi connectivity index (χ2v) is 33.1. The molecule has 0 spiro atoms. The Balaban J connectivity index is 1.01. The summed E-state index contributed by atoms with van der Waals surface area (Å²) in [5.41, 5.74) is 8.31. The molecule has 7 aliphatic heterocycles. The maximum absolute atomic E-state index is 16.5. The number of fused-ring (bicyclic) bond motifs is 15. The Kier molecular flexibility index (Phi) is 29.2. The van der Waals surface area contributed by atoms with Crippen LogP contribution >= 0.6 is 23.2 Å². The minimum Gasteiger partial charge on any atom is -0.508 e. The minimum absolute atomic E-state index is 0.0404. The van der Waals surface area contributed by atoms with Crippen molar-refractivity contribution < 1.29 is 131 Å². The number of aliphatic hydroxyl groups is 6. The highest BCUT2D eigenvalue weighted by Gasteiger charge is 2.53. The molecule has 7 aliphatic rings. The van der Waals surface area contributed by atoms with Gasteiger partial charge in [-0.25, -0.2) is 5.43 Å². The molecule has 1 aromatic heterocycles. The lowest BCUT2D eigenvalue weighted by Gasteiger charge is -2.48. The van der Waals surface area contributed by atoms with E-state index in [1.807, 2.05) is 13.8 Å². The van der Waals surface area contributed by atoms with Crippen molar-refractivity contribution in [1.29, 1.82) is 0 Å². The summed E-state index contributed by atoms with van der Waals surface area (Å²) in [7, 11) is 0. The summed E-state index contributed by atoms with van der Waals surface area (Å²) in [6, 6.07) is 13.4. The van der Waals surface area contributed by atoms with Crippen LogP contribution in [0.1, 0.15) is 167 Å². The number of Topliss-reactive ketones (excluding diaryl/α,β-unsaturated/α-hetero) is 3. The van der Waals surface area contributed by atoms with Crippen molar-refractivity contribution in [2.24, 2.45) is 23.5 Å². The van der Waals surface area contributed by atoms with E-state index < -0.39 is 244 Å². The first kappa shape index (κ1) is 93.1. The highest BCUT2D eigenvalue weighted by atomic mass is 35.5. The highest BCUT2D eigenvalue weighted by Crippen LogP contribution is 2.51. The number of hydrazine groups is 1. The van der Waals surface area contributed by atoms with Crippen molar-refractivity contribution in [1.82, 2.24) is 42.4 Å². The lowest BCUT2D eigenvalue weighted by Crippen LogP contribution is -2.65. The number of aromatic nitrogens is 1. The Labute approximate surface area is 724 Å². The Bertz CT molecular complexity index is 5260. The Hall–Kier alpha value is -11.1. The number of phenolic OH excluding ortho intramolecular Hbond substituents is 3. The van der Waals surface area contributed by atoms with Gasteiger partial charge in [0.25, 0.3) is 5.91 Å². The van der Waals surface area contributed by atoms with Gasteiger partial charge >= 0.3 is 6.11 Å². The number of hydrogen-bond acceptors (Lipinski definition) is 28. The van der Waals surface area contributed by atoms with Crippen molar-refractivity contribution in [3.05, 3.63) is 176 Å². The smallest absolute Gasteiger partial charge is 0.394 e. The van der Waals surface area contributed by atoms with Gasteiger partial charge in [0, 0.05) is 98.7 Å². The third-order valence-electron chi connectivity index (χ3n) is 22.4. The third-order valence-corrected chi connectivity index (χ3v) is 22.9. The van der Waals surface area contributed by atoms with Gasteiger partial charge in [-0.05, 0) is 144 Å². The van der Waals surface area contributed by atoms with Crippen molar-refractivity contribution in [3.8, 4) is 62.9 Å². The molecule has 6 amide bonds. The number of aliphatic hydroxyl groups excluding tert-OH is 6. The van der Waals surface area contributed by atoms with Crippen LogP contribution in [0.4, 0.5) is 8.78 Å². The number of nitrogens with one attached hydrogen (secondary N) is 7. The molecular weight excluding hydrogens is 1680 g/mol. The van der Waals surface area contributed by atoms with Gasteiger partial charge < -0.3 is 111 Å². The molecule has 0 saturated carbocycles. The van der Waals surface area contributed by atoms with Crippen LogP contribution in [-0.2, 0) is 65.5 Å². The standard InChI is InChI=1S/C87H97Cl2F2N9O25/c1-8-42(19-38(3)4)80(114)98-71-59(106)26-47(29-66(92)108)81(115)96-69-46-27-63(120-61-17-14-44(73(71)109)24-54(61)88)77(124-85-78(76(112)75(111)65(37-101)122-85)123-67-33-86(6,79(113)39(5)119-67)94-35-41-20-48(36-93-34-41)57(104)22-40-11-10-12-50(21-40)125-87(7,90)91)64(28-46)121-62-18-15-45(25-55(62)89)74(110)72-83(117)97-70(84(118)100-95-9-2)53-30-49(102)31-58(105)68(53)52-23-43(13-16-56(52)103)51(32-60(69)107)82(116)99-72/h10-18,20-21,23-25,27-28,30-31,34,36,38-39,42,47,51,65,67,69-76,78-79,85,94-95,101-103,105,109-113H,8-9,19,22,26,29,32-33,35,37H2,1-7H3,(H2,92,108)(H,96,115)(H,97,117)(H,98,114)(H,99,116)(H,100,118). The van der Waals surface area contributed by atoms with Gasteiger partial charge in [0.05, 0.1) is 40.7 Å². The number of hydrogen-bond donors (Lipinski definition) is 17. The van der Waals surface area contributed by atoms with E-state index in [0.29, 0.717) is 24.5 Å². The molecule has 2 saturated heterocycles. The fourth-order valence-electron chi connectivity index (χ4n) is 15.9. The first-order chi connectivity index (χ1) is 59.2. The number of rotatable bonds is 23. The second kappa shape index (κ2) is 39.2. The average molecular weight is 1780 g/mol. The zero-order valence-corrected chi connectivity index (χ0v) is 70.1. The molecule has 38 heteroatoms. The maximum atomic E-state index is 16.5. The number of ketones is 3. The molecule has 18 N–H and O–H groups in total. The molecule has 8 heterocycles. The van der Waals surface area contributed by atoms with E-state index >= 15 is 24.0 Å². The summed E-state index contributed by atoms with van der Waals surface area (Å²) < 4.78 is 71.9. The average Bonchev–Trinajstić information content (AvgIpc) is 0.763. The molecule has 14 rings (SSSR count). The van der Waals surface area contributed by atoms with Crippen LogP contribution < -0.4 is 62.1 Å². The van der Waals surface area contributed by atoms with Gasteiger partial charge in [0.1, 0.15) is 89.2 Å². The number of alkyl halides is 2. The number of carbonyl (C=O) groups excluding carboxylic acids is 9. The number of halogens is 4. The Morgan fingerprint density at radius 1 is 0.744 bits per heavy atom. The number of benzene rings is 6. The maximum Gasteiger partial charge on any atom is 0.394 e. The molecule has 7 aromatic rings. The predicted molar refractivity (Wildman–Crippen MR) is 440 cm³/mol. The van der Waals surface area contributed by atoms with Gasteiger partial charge in [-0.1, -0.05) is 81.2 Å². The molecule has 2 fully saturated rings. The van der Waals surface area contributed by atoms with E-state index in [2.05, 4.69) is 42.4 Å². The number of phenols is 3.